The Morgan fingerprint density at radius 1 is 0.960 bits per heavy atom. The lowest BCUT2D eigenvalue weighted by Gasteiger charge is -2.18. The van der Waals surface area contributed by atoms with Crippen molar-refractivity contribution < 1.29 is 13.2 Å². The molecule has 2 aromatic carbocycles. The van der Waals surface area contributed by atoms with E-state index in [4.69, 9.17) is 11.6 Å². The van der Waals surface area contributed by atoms with Gasteiger partial charge in [0.05, 0.1) is 15.0 Å². The number of rotatable bonds is 6. The largest absolute Gasteiger partial charge is 0.293 e. The molecule has 0 fully saturated rings. The third-order valence-electron chi connectivity index (χ3n) is 3.85. The second-order valence-corrected chi connectivity index (χ2v) is 9.02. The summed E-state index contributed by atoms with van der Waals surface area (Å²) in [6, 6.07) is 18.3. The molecule has 3 rings (SSSR count). The average Bonchev–Trinajstić information content (AvgIpc) is 3.16. The molecule has 3 aromatic rings. The number of carbonyl (C=O) groups is 1. The molecule has 0 unspecified atom stereocenters. The fraction of sp³-hybridized carbons (Fsp3) is 0.105. The van der Waals surface area contributed by atoms with Crippen LogP contribution in [0.1, 0.15) is 26.9 Å². The highest BCUT2D eigenvalue weighted by Crippen LogP contribution is 2.34. The van der Waals surface area contributed by atoms with Crippen LogP contribution >= 0.6 is 22.9 Å². The Hall–Kier alpha value is -1.95. The van der Waals surface area contributed by atoms with Crippen LogP contribution < -0.4 is 0 Å². The van der Waals surface area contributed by atoms with Gasteiger partial charge in [-0.15, -0.1) is 11.3 Å². The van der Waals surface area contributed by atoms with E-state index in [-0.39, 0.29) is 17.1 Å². The van der Waals surface area contributed by atoms with Crippen molar-refractivity contribution in [2.45, 2.75) is 16.6 Å². The number of benzene rings is 2. The van der Waals surface area contributed by atoms with Gasteiger partial charge in [0, 0.05) is 11.4 Å². The van der Waals surface area contributed by atoms with Gasteiger partial charge >= 0.3 is 0 Å². The first-order valence-electron chi connectivity index (χ1n) is 7.59. The Kier molecular flexibility index (Phi) is 5.37. The van der Waals surface area contributed by atoms with Crippen molar-refractivity contribution in [1.82, 2.24) is 0 Å². The average molecular weight is 391 g/mol. The lowest BCUT2D eigenvalue weighted by molar-refractivity contribution is 0.0984. The number of carbonyl (C=O) groups excluding carboxylic acids is 1. The number of sulfone groups is 1. The van der Waals surface area contributed by atoms with Crippen molar-refractivity contribution in [3.63, 3.8) is 0 Å². The molecule has 0 saturated heterocycles. The van der Waals surface area contributed by atoms with Gasteiger partial charge in [-0.1, -0.05) is 48.0 Å². The summed E-state index contributed by atoms with van der Waals surface area (Å²) in [4.78, 5) is 13.3. The number of hydrogen-bond donors (Lipinski definition) is 0. The second kappa shape index (κ2) is 7.52. The number of Topliss-reactive ketones (excluding diaryl/α,β-unsaturated/α-hetero) is 1. The van der Waals surface area contributed by atoms with Crippen molar-refractivity contribution >= 4 is 38.6 Å². The number of halogens is 1. The first-order valence-corrected chi connectivity index (χ1v) is 10.4. The Balaban J connectivity index is 2.03. The minimum absolute atomic E-state index is 0.112. The highest BCUT2D eigenvalue weighted by molar-refractivity contribution is 7.91. The first kappa shape index (κ1) is 17.9. The Morgan fingerprint density at radius 3 is 2.24 bits per heavy atom. The Morgan fingerprint density at radius 2 is 1.64 bits per heavy atom. The van der Waals surface area contributed by atoms with E-state index in [9.17, 15) is 13.2 Å². The van der Waals surface area contributed by atoms with Crippen LogP contribution in [0.2, 0.25) is 5.02 Å². The fourth-order valence-electron chi connectivity index (χ4n) is 2.56. The molecule has 3 nitrogen and oxygen atoms in total. The zero-order chi connectivity index (χ0) is 17.9. The van der Waals surface area contributed by atoms with E-state index in [1.807, 2.05) is 0 Å². The summed E-state index contributed by atoms with van der Waals surface area (Å²) < 4.78 is 26.3. The minimum Gasteiger partial charge on any atom is -0.293 e. The van der Waals surface area contributed by atoms with Gasteiger partial charge in [-0.25, -0.2) is 8.42 Å². The van der Waals surface area contributed by atoms with E-state index in [0.29, 0.717) is 15.5 Å². The summed E-state index contributed by atoms with van der Waals surface area (Å²) in [6.07, 6.45) is -0.112. The zero-order valence-electron chi connectivity index (χ0n) is 13.1. The quantitative estimate of drug-likeness (QED) is 0.544. The molecule has 25 heavy (non-hydrogen) atoms. The molecule has 0 aliphatic heterocycles. The maximum atomic E-state index is 13.1. The first-order chi connectivity index (χ1) is 12.0. The lowest BCUT2D eigenvalue weighted by Crippen LogP contribution is -2.17. The number of thiophene rings is 1. The van der Waals surface area contributed by atoms with Crippen LogP contribution in [0.25, 0.3) is 0 Å². The predicted octanol–water partition coefficient (Wildman–Crippen LogP) is 5.19. The van der Waals surface area contributed by atoms with Crippen LogP contribution in [-0.4, -0.2) is 14.2 Å². The van der Waals surface area contributed by atoms with Crippen molar-refractivity contribution in [3.8, 4) is 0 Å². The van der Waals surface area contributed by atoms with Crippen LogP contribution in [-0.2, 0) is 9.84 Å². The molecule has 0 spiro atoms. The Labute approximate surface area is 155 Å². The molecule has 0 saturated carbocycles. The fourth-order valence-corrected chi connectivity index (χ4v) is 5.12. The Bertz CT molecular complexity index is 948. The van der Waals surface area contributed by atoms with Gasteiger partial charge in [-0.3, -0.25) is 4.79 Å². The standard InChI is InChI=1S/C19H15ClO3S2/c20-15-10-8-14(9-11-15)19(13-17(21)18-7-4-12-24-18)25(22,23)16-5-2-1-3-6-16/h1-12,19H,13H2/t19-/m1/s1. The van der Waals surface area contributed by atoms with E-state index in [0.717, 1.165) is 0 Å². The van der Waals surface area contributed by atoms with Crippen LogP contribution in [0.4, 0.5) is 0 Å². The van der Waals surface area contributed by atoms with E-state index in [2.05, 4.69) is 0 Å². The summed E-state index contributed by atoms with van der Waals surface area (Å²) >= 11 is 7.23. The van der Waals surface area contributed by atoms with Crippen LogP contribution in [0.5, 0.6) is 0 Å². The van der Waals surface area contributed by atoms with Crippen LogP contribution in [0.3, 0.4) is 0 Å². The predicted molar refractivity (Wildman–Crippen MR) is 101 cm³/mol. The molecular formula is C19H15ClO3S2. The van der Waals surface area contributed by atoms with E-state index in [1.54, 1.807) is 72.1 Å². The van der Waals surface area contributed by atoms with Gasteiger partial charge < -0.3 is 0 Å². The topological polar surface area (TPSA) is 51.2 Å². The minimum atomic E-state index is -3.71. The van der Waals surface area contributed by atoms with E-state index < -0.39 is 15.1 Å². The maximum Gasteiger partial charge on any atom is 0.185 e. The molecular weight excluding hydrogens is 376 g/mol. The van der Waals surface area contributed by atoms with Gasteiger partial charge in [-0.05, 0) is 41.3 Å². The molecule has 1 heterocycles. The lowest BCUT2D eigenvalue weighted by atomic mass is 10.1. The van der Waals surface area contributed by atoms with Crippen LogP contribution in [0, 0.1) is 0 Å². The van der Waals surface area contributed by atoms with E-state index in [1.165, 1.54) is 11.3 Å². The zero-order valence-corrected chi connectivity index (χ0v) is 15.5. The molecule has 1 atom stereocenters. The third kappa shape index (κ3) is 4.00. The number of hydrogen-bond acceptors (Lipinski definition) is 4. The molecule has 0 aliphatic rings. The summed E-state index contributed by atoms with van der Waals surface area (Å²) in [5.41, 5.74) is 0.554. The second-order valence-electron chi connectivity index (χ2n) is 5.50. The van der Waals surface area contributed by atoms with Crippen molar-refractivity contribution in [2.24, 2.45) is 0 Å². The highest BCUT2D eigenvalue weighted by atomic mass is 35.5. The van der Waals surface area contributed by atoms with Crippen LogP contribution in [0.15, 0.2) is 77.0 Å². The van der Waals surface area contributed by atoms with Gasteiger partial charge in [0.25, 0.3) is 0 Å². The molecule has 0 aliphatic carbocycles. The maximum absolute atomic E-state index is 13.1. The van der Waals surface area contributed by atoms with Crippen molar-refractivity contribution in [2.75, 3.05) is 0 Å². The molecule has 0 N–H and O–H groups in total. The van der Waals surface area contributed by atoms with Gasteiger partial charge in [0.15, 0.2) is 15.6 Å². The SMILES string of the molecule is O=C(C[C@H](c1ccc(Cl)cc1)S(=O)(=O)c1ccccc1)c1cccs1. The molecule has 0 bridgehead atoms. The van der Waals surface area contributed by atoms with E-state index >= 15 is 0 Å². The van der Waals surface area contributed by atoms with Gasteiger partial charge in [0.1, 0.15) is 0 Å². The summed E-state index contributed by atoms with van der Waals surface area (Å²) in [5, 5.41) is 1.36. The molecule has 128 valence electrons. The van der Waals surface area contributed by atoms with Crippen molar-refractivity contribution in [1.29, 1.82) is 0 Å². The van der Waals surface area contributed by atoms with Gasteiger partial charge in [0.2, 0.25) is 0 Å². The molecule has 0 radical (unpaired) electrons. The summed E-state index contributed by atoms with van der Waals surface area (Å²) in [6.45, 7) is 0. The highest BCUT2D eigenvalue weighted by Gasteiger charge is 2.31. The normalized spacial score (nSPS) is 12.7. The molecule has 0 amide bonds. The summed E-state index contributed by atoms with van der Waals surface area (Å²) in [5.74, 6) is -0.186. The third-order valence-corrected chi connectivity index (χ3v) is 7.13. The molecule has 1 aromatic heterocycles. The van der Waals surface area contributed by atoms with Crippen molar-refractivity contribution in [3.05, 3.63) is 87.6 Å². The van der Waals surface area contributed by atoms with Gasteiger partial charge in [-0.2, -0.15) is 0 Å². The summed E-state index contributed by atoms with van der Waals surface area (Å²) in [7, 11) is -3.71. The number of ketones is 1. The molecule has 6 heteroatoms. The smallest absolute Gasteiger partial charge is 0.185 e. The monoisotopic (exact) mass is 390 g/mol.